The number of aryl methyl sites for hydroxylation is 1. The number of halogens is 1. The number of nitrogens with zero attached hydrogens (tertiary/aromatic N) is 1. The lowest BCUT2D eigenvalue weighted by Gasteiger charge is -2.09. The van der Waals surface area contributed by atoms with E-state index in [1.165, 1.54) is 6.08 Å². The predicted molar refractivity (Wildman–Crippen MR) is 75.4 cm³/mol. The molecule has 0 fully saturated rings. The molecule has 1 aliphatic rings. The van der Waals surface area contributed by atoms with Gasteiger partial charge in [0, 0.05) is 17.2 Å². The molecule has 0 amide bonds. The third-order valence-electron chi connectivity index (χ3n) is 3.43. The Hall–Kier alpha value is -1.87. The normalized spacial score (nSPS) is 14.2. The maximum atomic E-state index is 10.7. The molecule has 19 heavy (non-hydrogen) atoms. The van der Waals surface area contributed by atoms with E-state index in [0.29, 0.717) is 5.02 Å². The van der Waals surface area contributed by atoms with E-state index in [1.54, 1.807) is 6.08 Å². The van der Waals surface area contributed by atoms with Gasteiger partial charge in [0.05, 0.1) is 10.5 Å². The van der Waals surface area contributed by atoms with Crippen LogP contribution in [0, 0.1) is 0 Å². The number of carbonyl (C=O) groups is 1. The second-order valence-corrected chi connectivity index (χ2v) is 5.02. The van der Waals surface area contributed by atoms with Crippen molar-refractivity contribution in [2.45, 2.75) is 19.3 Å². The molecular formula is C15H12ClNO2. The van der Waals surface area contributed by atoms with Gasteiger partial charge in [-0.05, 0) is 42.5 Å². The monoisotopic (exact) mass is 273 g/mol. The summed E-state index contributed by atoms with van der Waals surface area (Å²) in [7, 11) is 0. The maximum absolute atomic E-state index is 10.7. The van der Waals surface area contributed by atoms with Crippen LogP contribution in [0.25, 0.3) is 17.0 Å². The van der Waals surface area contributed by atoms with Crippen LogP contribution in [0.15, 0.2) is 24.3 Å². The summed E-state index contributed by atoms with van der Waals surface area (Å²) < 4.78 is 0. The van der Waals surface area contributed by atoms with Crippen LogP contribution in [0.4, 0.5) is 0 Å². The molecule has 0 unspecified atom stereocenters. The van der Waals surface area contributed by atoms with Crippen LogP contribution in [-0.2, 0) is 17.6 Å². The maximum Gasteiger partial charge on any atom is 0.328 e. The summed E-state index contributed by atoms with van der Waals surface area (Å²) in [4.78, 5) is 15.4. The number of fused-ring (bicyclic) bond motifs is 2. The number of carboxylic acid groups (broad SMARTS) is 1. The highest BCUT2D eigenvalue weighted by Crippen LogP contribution is 2.33. The van der Waals surface area contributed by atoms with Gasteiger partial charge in [0.1, 0.15) is 0 Å². The standard InChI is InChI=1S/C15H12ClNO2/c16-12-5-1-4-11-9(7-8-14(18)19)10-3-2-6-13(10)17-15(11)12/h1,4-5,7-8H,2-3,6H2,(H,18,19)/b8-7+. The van der Waals surface area contributed by atoms with Crippen molar-refractivity contribution in [2.75, 3.05) is 0 Å². The van der Waals surface area contributed by atoms with Gasteiger partial charge in [-0.3, -0.25) is 4.98 Å². The molecule has 1 aliphatic carbocycles. The number of carboxylic acids is 1. The predicted octanol–water partition coefficient (Wildman–Crippen LogP) is 3.47. The zero-order chi connectivity index (χ0) is 13.4. The molecule has 1 aromatic heterocycles. The first-order chi connectivity index (χ1) is 9.16. The van der Waals surface area contributed by atoms with E-state index in [4.69, 9.17) is 16.7 Å². The molecule has 0 atom stereocenters. The van der Waals surface area contributed by atoms with Gasteiger partial charge in [-0.15, -0.1) is 0 Å². The van der Waals surface area contributed by atoms with Crippen molar-refractivity contribution in [3.05, 3.63) is 46.1 Å². The second-order valence-electron chi connectivity index (χ2n) is 4.61. The summed E-state index contributed by atoms with van der Waals surface area (Å²) >= 11 is 6.19. The molecule has 2 aromatic rings. The average Bonchev–Trinajstić information content (AvgIpc) is 2.83. The van der Waals surface area contributed by atoms with Gasteiger partial charge < -0.3 is 5.11 Å². The lowest BCUT2D eigenvalue weighted by Crippen LogP contribution is -1.96. The molecule has 0 radical (unpaired) electrons. The van der Waals surface area contributed by atoms with Crippen molar-refractivity contribution < 1.29 is 9.90 Å². The van der Waals surface area contributed by atoms with Gasteiger partial charge >= 0.3 is 5.97 Å². The molecule has 0 saturated heterocycles. The van der Waals surface area contributed by atoms with Gasteiger partial charge in [-0.25, -0.2) is 4.79 Å². The van der Waals surface area contributed by atoms with E-state index in [1.807, 2.05) is 18.2 Å². The molecule has 4 heteroatoms. The van der Waals surface area contributed by atoms with Gasteiger partial charge in [-0.1, -0.05) is 23.7 Å². The Labute approximate surface area is 115 Å². The van der Waals surface area contributed by atoms with Gasteiger partial charge in [-0.2, -0.15) is 0 Å². The zero-order valence-electron chi connectivity index (χ0n) is 10.2. The Balaban J connectivity index is 2.33. The first-order valence-electron chi connectivity index (χ1n) is 6.18. The number of hydrogen-bond donors (Lipinski definition) is 1. The SMILES string of the molecule is O=C(O)/C=C/c1c2c(nc3c(Cl)cccc13)CCC2. The van der Waals surface area contributed by atoms with Gasteiger partial charge in [0.25, 0.3) is 0 Å². The summed E-state index contributed by atoms with van der Waals surface area (Å²) in [5, 5.41) is 10.4. The second kappa shape index (κ2) is 4.67. The Kier molecular flexibility index (Phi) is 2.99. The molecule has 0 bridgehead atoms. The fourth-order valence-corrected chi connectivity index (χ4v) is 2.85. The lowest BCUT2D eigenvalue weighted by molar-refractivity contribution is -0.131. The van der Waals surface area contributed by atoms with Crippen LogP contribution < -0.4 is 0 Å². The van der Waals surface area contributed by atoms with E-state index in [2.05, 4.69) is 4.98 Å². The van der Waals surface area contributed by atoms with Crippen LogP contribution in [0.1, 0.15) is 23.2 Å². The molecule has 1 heterocycles. The van der Waals surface area contributed by atoms with Crippen molar-refractivity contribution in [3.8, 4) is 0 Å². The summed E-state index contributed by atoms with van der Waals surface area (Å²) in [5.74, 6) is -0.946. The van der Waals surface area contributed by atoms with Crippen LogP contribution in [-0.4, -0.2) is 16.1 Å². The number of para-hydroxylation sites is 1. The molecule has 0 aliphatic heterocycles. The third kappa shape index (κ3) is 2.10. The van der Waals surface area contributed by atoms with Crippen molar-refractivity contribution >= 4 is 34.5 Å². The summed E-state index contributed by atoms with van der Waals surface area (Å²) in [5.41, 5.74) is 3.91. The largest absolute Gasteiger partial charge is 0.478 e. The fraction of sp³-hybridized carbons (Fsp3) is 0.200. The molecule has 0 saturated carbocycles. The lowest BCUT2D eigenvalue weighted by atomic mass is 10.0. The van der Waals surface area contributed by atoms with E-state index < -0.39 is 5.97 Å². The van der Waals surface area contributed by atoms with Crippen molar-refractivity contribution in [2.24, 2.45) is 0 Å². The minimum atomic E-state index is -0.946. The Bertz CT molecular complexity index is 707. The Morgan fingerprint density at radius 3 is 3.00 bits per heavy atom. The summed E-state index contributed by atoms with van der Waals surface area (Å²) in [6.45, 7) is 0. The van der Waals surface area contributed by atoms with E-state index in [9.17, 15) is 4.79 Å². The molecule has 3 rings (SSSR count). The smallest absolute Gasteiger partial charge is 0.328 e. The molecular weight excluding hydrogens is 262 g/mol. The van der Waals surface area contributed by atoms with Crippen molar-refractivity contribution in [1.29, 1.82) is 0 Å². The van der Waals surface area contributed by atoms with Crippen LogP contribution >= 0.6 is 11.6 Å². The highest BCUT2D eigenvalue weighted by Gasteiger charge is 2.19. The molecule has 1 aromatic carbocycles. The Morgan fingerprint density at radius 1 is 1.37 bits per heavy atom. The fourth-order valence-electron chi connectivity index (χ4n) is 2.63. The van der Waals surface area contributed by atoms with Crippen LogP contribution in [0.3, 0.4) is 0 Å². The quantitative estimate of drug-likeness (QED) is 0.853. The number of aliphatic carboxylic acids is 1. The minimum absolute atomic E-state index is 0.608. The highest BCUT2D eigenvalue weighted by molar-refractivity contribution is 6.35. The molecule has 1 N–H and O–H groups in total. The van der Waals surface area contributed by atoms with Crippen LogP contribution in [0.5, 0.6) is 0 Å². The van der Waals surface area contributed by atoms with Crippen LogP contribution in [0.2, 0.25) is 5.02 Å². The van der Waals surface area contributed by atoms with Crippen molar-refractivity contribution in [3.63, 3.8) is 0 Å². The zero-order valence-corrected chi connectivity index (χ0v) is 10.9. The number of pyridine rings is 1. The number of aromatic nitrogens is 1. The first-order valence-corrected chi connectivity index (χ1v) is 6.55. The number of benzene rings is 1. The van der Waals surface area contributed by atoms with E-state index >= 15 is 0 Å². The van der Waals surface area contributed by atoms with Gasteiger partial charge in [0.15, 0.2) is 0 Å². The van der Waals surface area contributed by atoms with E-state index in [-0.39, 0.29) is 0 Å². The average molecular weight is 274 g/mol. The summed E-state index contributed by atoms with van der Waals surface area (Å²) in [6, 6.07) is 5.61. The summed E-state index contributed by atoms with van der Waals surface area (Å²) in [6.07, 6.45) is 5.78. The third-order valence-corrected chi connectivity index (χ3v) is 3.74. The molecule has 0 spiro atoms. The minimum Gasteiger partial charge on any atom is -0.478 e. The topological polar surface area (TPSA) is 50.2 Å². The van der Waals surface area contributed by atoms with E-state index in [0.717, 1.165) is 47.0 Å². The van der Waals surface area contributed by atoms with Crippen molar-refractivity contribution in [1.82, 2.24) is 4.98 Å². The first kappa shape index (κ1) is 12.2. The molecule has 3 nitrogen and oxygen atoms in total. The highest BCUT2D eigenvalue weighted by atomic mass is 35.5. The van der Waals surface area contributed by atoms with Gasteiger partial charge in [0.2, 0.25) is 0 Å². The number of hydrogen-bond acceptors (Lipinski definition) is 2. The molecule has 96 valence electrons. The number of rotatable bonds is 2. The Morgan fingerprint density at radius 2 is 2.21 bits per heavy atom.